The maximum absolute atomic E-state index is 13.9. The van der Waals surface area contributed by atoms with Crippen molar-refractivity contribution in [3.8, 4) is 11.3 Å². The molecular weight excluding hydrogens is 407 g/mol. The van der Waals surface area contributed by atoms with Gasteiger partial charge in [-0.25, -0.2) is 19.2 Å². The molecule has 4 aromatic rings. The zero-order chi connectivity index (χ0) is 22.8. The minimum absolute atomic E-state index is 0.233. The number of hydrogen-bond donors (Lipinski definition) is 2. The smallest absolute Gasteiger partial charge is 0.335 e. The number of aromatic nitrogens is 3. The van der Waals surface area contributed by atoms with Gasteiger partial charge in [0.1, 0.15) is 18.0 Å². The Hall–Kier alpha value is -3.74. The van der Waals surface area contributed by atoms with Gasteiger partial charge in [-0.1, -0.05) is 13.0 Å². The molecule has 0 aliphatic rings. The Bertz CT molecular complexity index is 1310. The number of halogens is 1. The number of hydrogen-bond acceptors (Lipinski definition) is 4. The number of rotatable bonds is 7. The van der Waals surface area contributed by atoms with Crippen LogP contribution >= 0.6 is 0 Å². The van der Waals surface area contributed by atoms with Crippen molar-refractivity contribution in [1.29, 1.82) is 0 Å². The quantitative estimate of drug-likeness (QED) is 0.418. The Kier molecular flexibility index (Phi) is 5.90. The zero-order valence-corrected chi connectivity index (χ0v) is 18.3. The lowest BCUT2D eigenvalue weighted by atomic mass is 10.0. The average Bonchev–Trinajstić information content (AvgIpc) is 3.09. The predicted molar refractivity (Wildman–Crippen MR) is 124 cm³/mol. The molecule has 2 heterocycles. The van der Waals surface area contributed by atoms with E-state index in [9.17, 15) is 14.3 Å². The summed E-state index contributed by atoms with van der Waals surface area (Å²) < 4.78 is 16.0. The first kappa shape index (κ1) is 21.5. The first-order chi connectivity index (χ1) is 15.4. The lowest BCUT2D eigenvalue weighted by Crippen LogP contribution is -2.12. The van der Waals surface area contributed by atoms with E-state index in [1.54, 1.807) is 24.3 Å². The van der Waals surface area contributed by atoms with Crippen molar-refractivity contribution in [2.45, 2.75) is 33.7 Å². The minimum Gasteiger partial charge on any atom is -0.478 e. The van der Waals surface area contributed by atoms with Crippen molar-refractivity contribution in [3.05, 3.63) is 77.0 Å². The van der Waals surface area contributed by atoms with E-state index in [-0.39, 0.29) is 5.82 Å². The SMILES string of the molecule is CCc1cc(-c2cc(NCCn3c(C)cc4c(C)cc(F)cc43)ncn2)ccc1C(=O)O. The number of aromatic carboxylic acids is 1. The second-order valence-corrected chi connectivity index (χ2v) is 7.84. The number of nitrogens with zero attached hydrogens (tertiary/aromatic N) is 3. The van der Waals surface area contributed by atoms with Gasteiger partial charge in [0.2, 0.25) is 0 Å². The molecule has 0 spiro atoms. The number of carboxylic acids is 1. The van der Waals surface area contributed by atoms with Crippen LogP contribution in [0.15, 0.2) is 48.8 Å². The molecule has 32 heavy (non-hydrogen) atoms. The number of fused-ring (bicyclic) bond motifs is 1. The minimum atomic E-state index is -0.929. The van der Waals surface area contributed by atoms with Crippen LogP contribution in [-0.4, -0.2) is 32.2 Å². The van der Waals surface area contributed by atoms with Gasteiger partial charge in [0, 0.05) is 35.8 Å². The summed E-state index contributed by atoms with van der Waals surface area (Å²) in [4.78, 5) is 20.0. The Morgan fingerprint density at radius 2 is 1.94 bits per heavy atom. The van der Waals surface area contributed by atoms with E-state index in [1.165, 1.54) is 6.33 Å². The average molecular weight is 432 g/mol. The molecule has 0 fully saturated rings. The number of anilines is 1. The summed E-state index contributed by atoms with van der Waals surface area (Å²) in [5.74, 6) is -0.490. The maximum Gasteiger partial charge on any atom is 0.335 e. The topological polar surface area (TPSA) is 80.0 Å². The van der Waals surface area contributed by atoms with Crippen LogP contribution in [0.5, 0.6) is 0 Å². The molecule has 0 aliphatic carbocycles. The monoisotopic (exact) mass is 432 g/mol. The number of carboxylic acid groups (broad SMARTS) is 1. The molecule has 164 valence electrons. The van der Waals surface area contributed by atoms with E-state index in [0.29, 0.717) is 30.9 Å². The summed E-state index contributed by atoms with van der Waals surface area (Å²) in [7, 11) is 0. The second kappa shape index (κ2) is 8.78. The highest BCUT2D eigenvalue weighted by molar-refractivity contribution is 5.90. The highest BCUT2D eigenvalue weighted by Gasteiger charge is 2.12. The van der Waals surface area contributed by atoms with Crippen LogP contribution in [-0.2, 0) is 13.0 Å². The fraction of sp³-hybridized carbons (Fsp3) is 0.240. The molecule has 0 atom stereocenters. The molecule has 0 saturated carbocycles. The van der Waals surface area contributed by atoms with Gasteiger partial charge in [-0.05, 0) is 61.7 Å². The van der Waals surface area contributed by atoms with Crippen LogP contribution in [0.1, 0.15) is 34.1 Å². The molecule has 2 N–H and O–H groups in total. The van der Waals surface area contributed by atoms with Gasteiger partial charge in [-0.15, -0.1) is 0 Å². The Balaban J connectivity index is 1.52. The summed E-state index contributed by atoms with van der Waals surface area (Å²) in [6, 6.07) is 12.3. The number of aryl methyl sites for hydroxylation is 3. The molecule has 0 unspecified atom stereocenters. The van der Waals surface area contributed by atoms with Crippen molar-refractivity contribution in [1.82, 2.24) is 14.5 Å². The molecule has 0 amide bonds. The fourth-order valence-electron chi connectivity index (χ4n) is 4.08. The summed E-state index contributed by atoms with van der Waals surface area (Å²) in [6.07, 6.45) is 2.11. The first-order valence-electron chi connectivity index (χ1n) is 10.6. The summed E-state index contributed by atoms with van der Waals surface area (Å²) in [5.41, 5.74) is 5.52. The van der Waals surface area contributed by atoms with E-state index in [2.05, 4.69) is 25.9 Å². The molecule has 2 aromatic heterocycles. The molecule has 0 bridgehead atoms. The van der Waals surface area contributed by atoms with Gasteiger partial charge in [0.15, 0.2) is 0 Å². The van der Waals surface area contributed by atoms with Crippen molar-refractivity contribution in [2.24, 2.45) is 0 Å². The molecule has 2 aromatic carbocycles. The van der Waals surface area contributed by atoms with Crippen LogP contribution in [0.4, 0.5) is 10.2 Å². The van der Waals surface area contributed by atoms with Crippen LogP contribution in [0.3, 0.4) is 0 Å². The number of carbonyl (C=O) groups is 1. The first-order valence-corrected chi connectivity index (χ1v) is 10.6. The van der Waals surface area contributed by atoms with E-state index in [0.717, 1.165) is 39.0 Å². The summed E-state index contributed by atoms with van der Waals surface area (Å²) in [6.45, 7) is 7.13. The molecule has 7 heteroatoms. The van der Waals surface area contributed by atoms with Gasteiger partial charge in [0.25, 0.3) is 0 Å². The van der Waals surface area contributed by atoms with Crippen LogP contribution < -0.4 is 5.32 Å². The fourth-order valence-corrected chi connectivity index (χ4v) is 4.08. The van der Waals surface area contributed by atoms with Crippen molar-refractivity contribution < 1.29 is 14.3 Å². The van der Waals surface area contributed by atoms with E-state index < -0.39 is 5.97 Å². The molecule has 0 saturated heterocycles. The van der Waals surface area contributed by atoms with E-state index >= 15 is 0 Å². The molecule has 4 rings (SSSR count). The predicted octanol–water partition coefficient (Wildman–Crippen LogP) is 5.23. The van der Waals surface area contributed by atoms with Gasteiger partial charge in [0.05, 0.1) is 16.8 Å². The van der Waals surface area contributed by atoms with Crippen LogP contribution in [0, 0.1) is 19.7 Å². The van der Waals surface area contributed by atoms with Gasteiger partial charge in [-0.3, -0.25) is 0 Å². The lowest BCUT2D eigenvalue weighted by molar-refractivity contribution is 0.0695. The number of benzene rings is 2. The third kappa shape index (κ3) is 4.19. The Morgan fingerprint density at radius 1 is 1.12 bits per heavy atom. The highest BCUT2D eigenvalue weighted by Crippen LogP contribution is 2.25. The van der Waals surface area contributed by atoms with Gasteiger partial charge < -0.3 is 15.0 Å². The molecular formula is C25H25FN4O2. The van der Waals surface area contributed by atoms with E-state index in [4.69, 9.17) is 0 Å². The largest absolute Gasteiger partial charge is 0.478 e. The van der Waals surface area contributed by atoms with E-state index in [1.807, 2.05) is 32.9 Å². The standard InChI is InChI=1S/C25H25FN4O2/c1-4-17-11-18(5-6-20(17)25(31)32)22-13-24(29-14-28-22)27-7-8-30-16(3)10-21-15(2)9-19(26)12-23(21)30/h5-6,9-14H,4,7-8H2,1-3H3,(H,31,32)(H,27,28,29). The molecule has 0 radical (unpaired) electrons. The Labute approximate surface area is 185 Å². The van der Waals surface area contributed by atoms with Crippen molar-refractivity contribution in [3.63, 3.8) is 0 Å². The van der Waals surface area contributed by atoms with Crippen molar-refractivity contribution in [2.75, 3.05) is 11.9 Å². The highest BCUT2D eigenvalue weighted by atomic mass is 19.1. The maximum atomic E-state index is 13.9. The normalized spacial score (nSPS) is 11.1. The molecule has 6 nitrogen and oxygen atoms in total. The van der Waals surface area contributed by atoms with Crippen LogP contribution in [0.25, 0.3) is 22.2 Å². The third-order valence-corrected chi connectivity index (χ3v) is 5.72. The second-order valence-electron chi connectivity index (χ2n) is 7.84. The number of nitrogens with one attached hydrogen (secondary N) is 1. The van der Waals surface area contributed by atoms with Gasteiger partial charge in [-0.2, -0.15) is 0 Å². The summed E-state index contributed by atoms with van der Waals surface area (Å²) in [5, 5.41) is 13.7. The van der Waals surface area contributed by atoms with Gasteiger partial charge >= 0.3 is 5.97 Å². The summed E-state index contributed by atoms with van der Waals surface area (Å²) >= 11 is 0. The van der Waals surface area contributed by atoms with Crippen molar-refractivity contribution >= 4 is 22.7 Å². The Morgan fingerprint density at radius 3 is 2.69 bits per heavy atom. The zero-order valence-electron chi connectivity index (χ0n) is 18.3. The molecule has 0 aliphatic heterocycles. The third-order valence-electron chi connectivity index (χ3n) is 5.72. The lowest BCUT2D eigenvalue weighted by Gasteiger charge is -2.12. The van der Waals surface area contributed by atoms with Crippen LogP contribution in [0.2, 0.25) is 0 Å².